The number of carbonyl (C=O) groups excluding carboxylic acids is 2. The molecule has 2 aromatic rings. The van der Waals surface area contributed by atoms with Gasteiger partial charge in [-0.1, -0.05) is 31.2 Å². The monoisotopic (exact) mass is 458 g/mol. The number of hydrogen-bond acceptors (Lipinski definition) is 5. The summed E-state index contributed by atoms with van der Waals surface area (Å²) in [5.41, 5.74) is 2.82. The van der Waals surface area contributed by atoms with E-state index in [-0.39, 0.29) is 23.3 Å². The first-order valence-electron chi connectivity index (χ1n) is 10.8. The maximum absolute atomic E-state index is 12.7. The zero-order valence-electron chi connectivity index (χ0n) is 18.3. The highest BCUT2D eigenvalue weighted by molar-refractivity contribution is 7.89. The van der Waals surface area contributed by atoms with E-state index in [0.29, 0.717) is 44.7 Å². The van der Waals surface area contributed by atoms with Crippen molar-refractivity contribution >= 4 is 21.8 Å². The number of nitrogens with zero attached hydrogens (tertiary/aromatic N) is 2. The summed E-state index contributed by atoms with van der Waals surface area (Å²) in [6.45, 7) is 5.33. The van der Waals surface area contributed by atoms with E-state index in [1.165, 1.54) is 17.7 Å². The minimum absolute atomic E-state index is 0.0326. The fourth-order valence-corrected chi connectivity index (χ4v) is 4.14. The zero-order chi connectivity index (χ0) is 23.1. The van der Waals surface area contributed by atoms with E-state index in [9.17, 15) is 18.0 Å². The highest BCUT2D eigenvalue weighted by Gasteiger charge is 2.23. The Bertz CT molecular complexity index is 1030. The fraction of sp³-hybridized carbons (Fsp3) is 0.391. The fourth-order valence-electron chi connectivity index (χ4n) is 3.63. The van der Waals surface area contributed by atoms with Gasteiger partial charge in [-0.2, -0.15) is 0 Å². The van der Waals surface area contributed by atoms with Gasteiger partial charge in [0.25, 0.3) is 5.91 Å². The van der Waals surface area contributed by atoms with Gasteiger partial charge in [0.05, 0.1) is 11.4 Å². The lowest BCUT2D eigenvalue weighted by atomic mass is 10.1. The van der Waals surface area contributed by atoms with Crippen LogP contribution in [0.1, 0.15) is 28.4 Å². The van der Waals surface area contributed by atoms with Crippen LogP contribution in [0.4, 0.5) is 0 Å². The van der Waals surface area contributed by atoms with Crippen LogP contribution in [0.5, 0.6) is 0 Å². The lowest BCUT2D eigenvalue weighted by molar-refractivity contribution is -0.122. The Balaban J connectivity index is 1.38. The quantitative estimate of drug-likeness (QED) is 0.613. The average Bonchev–Trinajstić information content (AvgIpc) is 2.79. The largest absolute Gasteiger partial charge is 0.355 e. The van der Waals surface area contributed by atoms with Crippen LogP contribution in [-0.4, -0.2) is 69.3 Å². The van der Waals surface area contributed by atoms with E-state index in [2.05, 4.69) is 12.2 Å². The summed E-state index contributed by atoms with van der Waals surface area (Å²) < 4.78 is 22.6. The molecule has 1 heterocycles. The van der Waals surface area contributed by atoms with Gasteiger partial charge in [-0.05, 0) is 48.2 Å². The Morgan fingerprint density at radius 1 is 0.938 bits per heavy atom. The van der Waals surface area contributed by atoms with Gasteiger partial charge < -0.3 is 10.2 Å². The summed E-state index contributed by atoms with van der Waals surface area (Å²) in [5, 5.41) is 7.98. The molecular weight excluding hydrogens is 428 g/mol. The highest BCUT2D eigenvalue weighted by atomic mass is 32.2. The Morgan fingerprint density at radius 2 is 1.53 bits per heavy atom. The van der Waals surface area contributed by atoms with Crippen molar-refractivity contribution in [1.82, 2.24) is 15.1 Å². The van der Waals surface area contributed by atoms with Gasteiger partial charge >= 0.3 is 0 Å². The van der Waals surface area contributed by atoms with Crippen LogP contribution in [0.15, 0.2) is 53.4 Å². The summed E-state index contributed by atoms with van der Waals surface area (Å²) in [6, 6.07) is 14.0. The van der Waals surface area contributed by atoms with Gasteiger partial charge in [-0.25, -0.2) is 13.6 Å². The molecule has 2 amide bonds. The van der Waals surface area contributed by atoms with Crippen LogP contribution in [-0.2, 0) is 27.7 Å². The predicted octanol–water partition coefficient (Wildman–Crippen LogP) is 1.01. The number of piperazine rings is 1. The maximum atomic E-state index is 12.7. The lowest BCUT2D eigenvalue weighted by Crippen LogP contribution is -2.51. The molecule has 8 nitrogen and oxygen atoms in total. The number of amides is 2. The van der Waals surface area contributed by atoms with Crippen molar-refractivity contribution in [3.8, 4) is 0 Å². The molecule has 3 N–H and O–H groups in total. The smallest absolute Gasteiger partial charge is 0.253 e. The first-order valence-corrected chi connectivity index (χ1v) is 12.3. The molecule has 1 saturated heterocycles. The van der Waals surface area contributed by atoms with Crippen LogP contribution < -0.4 is 10.5 Å². The Hall–Kier alpha value is -2.75. The minimum atomic E-state index is -3.70. The molecule has 0 aliphatic carbocycles. The second kappa shape index (κ2) is 10.7. The molecule has 1 aliphatic heterocycles. The van der Waals surface area contributed by atoms with E-state index in [1.807, 2.05) is 34.1 Å². The zero-order valence-corrected chi connectivity index (χ0v) is 19.1. The molecule has 0 radical (unpaired) electrons. The van der Waals surface area contributed by atoms with Crippen LogP contribution in [0, 0.1) is 0 Å². The number of carbonyl (C=O) groups is 2. The summed E-state index contributed by atoms with van der Waals surface area (Å²) in [7, 11) is -3.70. The van der Waals surface area contributed by atoms with E-state index >= 15 is 0 Å². The molecule has 9 heteroatoms. The van der Waals surface area contributed by atoms with Gasteiger partial charge in [-0.3, -0.25) is 14.5 Å². The van der Waals surface area contributed by atoms with Gasteiger partial charge in [0.1, 0.15) is 0 Å². The Morgan fingerprint density at radius 3 is 2.09 bits per heavy atom. The number of benzene rings is 2. The van der Waals surface area contributed by atoms with Crippen molar-refractivity contribution in [3.05, 3.63) is 65.2 Å². The molecule has 0 atom stereocenters. The second-order valence-electron chi connectivity index (χ2n) is 7.91. The average molecular weight is 459 g/mol. The van der Waals surface area contributed by atoms with Crippen LogP contribution in [0.3, 0.4) is 0 Å². The summed E-state index contributed by atoms with van der Waals surface area (Å²) >= 11 is 0. The molecule has 1 fully saturated rings. The molecule has 0 spiro atoms. The molecule has 0 unspecified atom stereocenters. The number of nitrogens with two attached hydrogens (primary N) is 1. The highest BCUT2D eigenvalue weighted by Crippen LogP contribution is 2.11. The number of primary sulfonamides is 1. The number of nitrogens with one attached hydrogen (secondary N) is 1. The molecule has 0 saturated carbocycles. The predicted molar refractivity (Wildman–Crippen MR) is 123 cm³/mol. The van der Waals surface area contributed by atoms with E-state index < -0.39 is 10.0 Å². The first kappa shape index (κ1) is 23.9. The molecular formula is C23H30N4O4S. The van der Waals surface area contributed by atoms with Crippen molar-refractivity contribution < 1.29 is 18.0 Å². The molecule has 3 rings (SSSR count). The molecule has 0 bridgehead atoms. The molecule has 2 aromatic carbocycles. The summed E-state index contributed by atoms with van der Waals surface area (Å²) in [6.07, 6.45) is 1.54. The van der Waals surface area contributed by atoms with Crippen LogP contribution >= 0.6 is 0 Å². The number of hydrogen-bond donors (Lipinski definition) is 2. The van der Waals surface area contributed by atoms with Crippen molar-refractivity contribution in [2.45, 2.75) is 24.7 Å². The third kappa shape index (κ3) is 6.62. The lowest BCUT2D eigenvalue weighted by Gasteiger charge is -2.34. The standard InChI is InChI=1S/C23H30N4O4S/c1-2-18-3-7-20(8-4-18)23(29)27-15-13-26(14-16-27)17-22(28)25-12-11-19-5-9-21(10-6-19)32(24,30)31/h3-10H,2,11-17H2,1H3,(H,25,28)(H2,24,30,31). The minimum Gasteiger partial charge on any atom is -0.355 e. The Kier molecular flexibility index (Phi) is 8.00. The van der Waals surface area contributed by atoms with Gasteiger partial charge in [0.2, 0.25) is 15.9 Å². The third-order valence-corrected chi connectivity index (χ3v) is 6.55. The SMILES string of the molecule is CCc1ccc(C(=O)N2CCN(CC(=O)NCCc3ccc(S(N)(=O)=O)cc3)CC2)cc1. The van der Waals surface area contributed by atoms with Crippen molar-refractivity contribution in [2.24, 2.45) is 5.14 Å². The van der Waals surface area contributed by atoms with Crippen molar-refractivity contribution in [3.63, 3.8) is 0 Å². The van der Waals surface area contributed by atoms with Gasteiger partial charge in [0.15, 0.2) is 0 Å². The molecule has 32 heavy (non-hydrogen) atoms. The Labute approximate surface area is 189 Å². The number of sulfonamides is 1. The number of aryl methyl sites for hydroxylation is 1. The molecule has 172 valence electrons. The van der Waals surface area contributed by atoms with Crippen molar-refractivity contribution in [2.75, 3.05) is 39.3 Å². The normalized spacial score (nSPS) is 14.9. The van der Waals surface area contributed by atoms with Crippen LogP contribution in [0.25, 0.3) is 0 Å². The first-order chi connectivity index (χ1) is 15.3. The summed E-state index contributed by atoms with van der Waals surface area (Å²) in [4.78, 5) is 28.9. The summed E-state index contributed by atoms with van der Waals surface area (Å²) in [5.74, 6) is -0.0358. The van der Waals surface area contributed by atoms with Gasteiger partial charge in [0, 0.05) is 38.3 Å². The molecule has 0 aromatic heterocycles. The number of rotatable bonds is 8. The van der Waals surface area contributed by atoms with Crippen LogP contribution in [0.2, 0.25) is 0 Å². The maximum Gasteiger partial charge on any atom is 0.253 e. The molecule has 1 aliphatic rings. The third-order valence-electron chi connectivity index (χ3n) is 5.62. The van der Waals surface area contributed by atoms with E-state index in [1.54, 1.807) is 12.1 Å². The topological polar surface area (TPSA) is 113 Å². The van der Waals surface area contributed by atoms with Crippen molar-refractivity contribution in [1.29, 1.82) is 0 Å². The second-order valence-corrected chi connectivity index (χ2v) is 9.47. The van der Waals surface area contributed by atoms with Gasteiger partial charge in [-0.15, -0.1) is 0 Å². The van der Waals surface area contributed by atoms with E-state index in [0.717, 1.165) is 12.0 Å². The van der Waals surface area contributed by atoms with E-state index in [4.69, 9.17) is 5.14 Å².